The van der Waals surface area contributed by atoms with E-state index < -0.39 is 6.17 Å². The number of aromatic nitrogens is 1. The van der Waals surface area contributed by atoms with E-state index >= 15 is 0 Å². The third-order valence-corrected chi connectivity index (χ3v) is 4.33. The Bertz CT molecular complexity index is 740. The maximum atomic E-state index is 13.1. The van der Waals surface area contributed by atoms with E-state index in [1.807, 2.05) is 26.0 Å². The number of halogens is 1. The number of aryl methyl sites for hydroxylation is 2. The van der Waals surface area contributed by atoms with Crippen LogP contribution in [0.1, 0.15) is 23.2 Å². The molecule has 0 aliphatic carbocycles. The molecule has 2 aromatic rings. The molecule has 0 radical (unpaired) electrons. The first-order valence-corrected chi connectivity index (χ1v) is 7.75. The highest BCUT2D eigenvalue weighted by atomic mass is 19.1. The van der Waals surface area contributed by atoms with Gasteiger partial charge in [-0.1, -0.05) is 12.1 Å². The van der Waals surface area contributed by atoms with Gasteiger partial charge in [-0.3, -0.25) is 4.79 Å². The Hall–Kier alpha value is -1.72. The van der Waals surface area contributed by atoms with Crippen molar-refractivity contribution in [2.75, 3.05) is 13.1 Å². The van der Waals surface area contributed by atoms with Gasteiger partial charge in [0.25, 0.3) is 0 Å². The molecule has 118 valence electrons. The van der Waals surface area contributed by atoms with Crippen LogP contribution in [-0.2, 0) is 6.54 Å². The quantitative estimate of drug-likeness (QED) is 0.809. The van der Waals surface area contributed by atoms with Gasteiger partial charge in [0.1, 0.15) is 6.17 Å². The molecule has 2 heterocycles. The number of aromatic amines is 1. The van der Waals surface area contributed by atoms with Crippen molar-refractivity contribution in [2.24, 2.45) is 0 Å². The van der Waals surface area contributed by atoms with Gasteiger partial charge in [0.05, 0.1) is 5.52 Å². The topological polar surface area (TPSA) is 56.9 Å². The number of nitrogens with one attached hydrogen (secondary N) is 3. The number of hydrogen-bond donors (Lipinski definition) is 3. The van der Waals surface area contributed by atoms with Gasteiger partial charge < -0.3 is 15.6 Å². The molecule has 1 fully saturated rings. The Morgan fingerprint density at radius 1 is 1.32 bits per heavy atom. The van der Waals surface area contributed by atoms with Crippen molar-refractivity contribution in [2.45, 2.75) is 39.0 Å². The first-order chi connectivity index (χ1) is 10.5. The number of hydrogen-bond acceptors (Lipinski definition) is 3. The average Bonchev–Trinajstić information content (AvgIpc) is 2.88. The molecular weight excluding hydrogens is 281 g/mol. The van der Waals surface area contributed by atoms with Gasteiger partial charge in [-0.05, 0) is 31.4 Å². The monoisotopic (exact) mass is 303 g/mol. The molecular formula is C17H22FN3O. The minimum Gasteiger partial charge on any atom is -0.357 e. The van der Waals surface area contributed by atoms with E-state index in [1.165, 1.54) is 0 Å². The highest BCUT2D eigenvalue weighted by molar-refractivity contribution is 5.84. The predicted octanol–water partition coefficient (Wildman–Crippen LogP) is 1.93. The van der Waals surface area contributed by atoms with Crippen LogP contribution in [0, 0.1) is 13.8 Å². The molecule has 0 unspecified atom stereocenters. The van der Waals surface area contributed by atoms with Gasteiger partial charge in [-0.2, -0.15) is 0 Å². The van der Waals surface area contributed by atoms with Crippen LogP contribution in [0.4, 0.5) is 4.39 Å². The normalized spacial score (nSPS) is 21.6. The molecule has 3 rings (SSSR count). The molecule has 1 saturated heterocycles. The zero-order valence-corrected chi connectivity index (χ0v) is 13.0. The van der Waals surface area contributed by atoms with Crippen LogP contribution in [0.3, 0.4) is 0 Å². The summed E-state index contributed by atoms with van der Waals surface area (Å²) in [6.45, 7) is 5.67. The lowest BCUT2D eigenvalue weighted by molar-refractivity contribution is 0.354. The van der Waals surface area contributed by atoms with E-state index in [-0.39, 0.29) is 11.5 Å². The molecule has 1 aliphatic heterocycles. The molecule has 3 N–H and O–H groups in total. The van der Waals surface area contributed by atoms with Gasteiger partial charge in [-0.25, -0.2) is 4.39 Å². The summed E-state index contributed by atoms with van der Waals surface area (Å²) in [4.78, 5) is 15.7. The second kappa shape index (κ2) is 6.18. The summed E-state index contributed by atoms with van der Waals surface area (Å²) in [5, 5.41) is 7.20. The van der Waals surface area contributed by atoms with E-state index in [0.29, 0.717) is 26.1 Å². The Morgan fingerprint density at radius 2 is 2.09 bits per heavy atom. The minimum atomic E-state index is -0.738. The summed E-state index contributed by atoms with van der Waals surface area (Å²) in [6.07, 6.45) is -0.183. The lowest BCUT2D eigenvalue weighted by Gasteiger charge is -2.12. The SMILES string of the molecule is Cc1ccc(C)c2c(=O)cc(CNC[C@@H]3C[C@H](F)CN3)[nH]c12. The van der Waals surface area contributed by atoms with Crippen molar-refractivity contribution in [3.05, 3.63) is 45.2 Å². The van der Waals surface area contributed by atoms with Gasteiger partial charge in [0, 0.05) is 42.8 Å². The summed E-state index contributed by atoms with van der Waals surface area (Å²) in [5.74, 6) is 0. The summed E-state index contributed by atoms with van der Waals surface area (Å²) in [7, 11) is 0. The van der Waals surface area contributed by atoms with Gasteiger partial charge in [0.15, 0.2) is 5.43 Å². The molecule has 4 nitrogen and oxygen atoms in total. The van der Waals surface area contributed by atoms with E-state index in [2.05, 4.69) is 15.6 Å². The van der Waals surface area contributed by atoms with Crippen molar-refractivity contribution in [3.8, 4) is 0 Å². The van der Waals surface area contributed by atoms with Gasteiger partial charge in [-0.15, -0.1) is 0 Å². The maximum Gasteiger partial charge on any atom is 0.189 e. The number of benzene rings is 1. The van der Waals surface area contributed by atoms with E-state index in [0.717, 1.165) is 27.7 Å². The third kappa shape index (κ3) is 3.05. The summed E-state index contributed by atoms with van der Waals surface area (Å²) < 4.78 is 13.1. The van der Waals surface area contributed by atoms with Gasteiger partial charge >= 0.3 is 0 Å². The fourth-order valence-corrected chi connectivity index (χ4v) is 3.12. The molecule has 1 aromatic heterocycles. The first-order valence-electron chi connectivity index (χ1n) is 7.75. The van der Waals surface area contributed by atoms with E-state index in [4.69, 9.17) is 0 Å². The largest absolute Gasteiger partial charge is 0.357 e. The Morgan fingerprint density at radius 3 is 2.82 bits per heavy atom. The molecule has 2 atom stereocenters. The number of rotatable bonds is 4. The molecule has 0 amide bonds. The minimum absolute atomic E-state index is 0.0505. The maximum absolute atomic E-state index is 13.1. The summed E-state index contributed by atoms with van der Waals surface area (Å²) in [5.41, 5.74) is 3.88. The number of H-pyrrole nitrogens is 1. The molecule has 22 heavy (non-hydrogen) atoms. The van der Waals surface area contributed by atoms with Crippen molar-refractivity contribution in [1.82, 2.24) is 15.6 Å². The van der Waals surface area contributed by atoms with Crippen LogP contribution in [0.5, 0.6) is 0 Å². The molecule has 1 aliphatic rings. The second-order valence-electron chi connectivity index (χ2n) is 6.18. The number of alkyl halides is 1. The van der Waals surface area contributed by atoms with Crippen LogP contribution in [0.2, 0.25) is 0 Å². The Kier molecular flexibility index (Phi) is 4.27. The van der Waals surface area contributed by atoms with Gasteiger partial charge in [0.2, 0.25) is 0 Å². The standard InChI is InChI=1S/C17H22FN3O/c1-10-3-4-11(2)17-16(10)15(22)6-14(21-17)9-19-8-13-5-12(18)7-20-13/h3-4,6,12-13,19-20H,5,7-9H2,1-2H3,(H,21,22)/t12-,13-/m0/s1. The van der Waals surface area contributed by atoms with Crippen molar-refractivity contribution in [3.63, 3.8) is 0 Å². The fraction of sp³-hybridized carbons (Fsp3) is 0.471. The van der Waals surface area contributed by atoms with E-state index in [1.54, 1.807) is 6.07 Å². The molecule has 0 saturated carbocycles. The zero-order chi connectivity index (χ0) is 15.7. The molecule has 0 spiro atoms. The Labute approximate surface area is 129 Å². The smallest absolute Gasteiger partial charge is 0.189 e. The first kappa shape index (κ1) is 15.2. The predicted molar refractivity (Wildman–Crippen MR) is 87.1 cm³/mol. The summed E-state index contributed by atoms with van der Waals surface area (Å²) in [6, 6.07) is 5.83. The van der Waals surface area contributed by atoms with Crippen LogP contribution in [0.15, 0.2) is 23.0 Å². The lowest BCUT2D eigenvalue weighted by Crippen LogP contribution is -2.33. The van der Waals surface area contributed by atoms with Crippen LogP contribution < -0.4 is 16.1 Å². The second-order valence-corrected chi connectivity index (χ2v) is 6.18. The number of fused-ring (bicyclic) bond motifs is 1. The zero-order valence-electron chi connectivity index (χ0n) is 13.0. The van der Waals surface area contributed by atoms with Crippen molar-refractivity contribution < 1.29 is 4.39 Å². The summed E-state index contributed by atoms with van der Waals surface area (Å²) >= 11 is 0. The van der Waals surface area contributed by atoms with Crippen LogP contribution in [-0.4, -0.2) is 30.3 Å². The van der Waals surface area contributed by atoms with E-state index in [9.17, 15) is 9.18 Å². The highest BCUT2D eigenvalue weighted by Gasteiger charge is 2.22. The van der Waals surface area contributed by atoms with Crippen LogP contribution >= 0.6 is 0 Å². The lowest BCUT2D eigenvalue weighted by atomic mass is 10.0. The fourth-order valence-electron chi connectivity index (χ4n) is 3.12. The molecule has 1 aromatic carbocycles. The van der Waals surface area contributed by atoms with Crippen molar-refractivity contribution in [1.29, 1.82) is 0 Å². The molecule has 5 heteroatoms. The average molecular weight is 303 g/mol. The molecule has 0 bridgehead atoms. The highest BCUT2D eigenvalue weighted by Crippen LogP contribution is 2.17. The number of pyridine rings is 1. The van der Waals surface area contributed by atoms with Crippen LogP contribution in [0.25, 0.3) is 10.9 Å². The third-order valence-electron chi connectivity index (χ3n) is 4.33. The van der Waals surface area contributed by atoms with Crippen molar-refractivity contribution >= 4 is 10.9 Å². The Balaban J connectivity index is 1.75.